The van der Waals surface area contributed by atoms with E-state index in [1.165, 1.54) is 0 Å². The second-order valence-corrected chi connectivity index (χ2v) is 5.05. The third kappa shape index (κ3) is 4.08. The molecule has 5 heteroatoms. The molecule has 0 aliphatic carbocycles. The van der Waals surface area contributed by atoms with Crippen molar-refractivity contribution in [2.24, 2.45) is 7.05 Å². The van der Waals surface area contributed by atoms with Crippen LogP contribution in [0.2, 0.25) is 0 Å². The fraction of sp³-hybridized carbons (Fsp3) is 0.375. The zero-order valence-electron chi connectivity index (χ0n) is 12.8. The van der Waals surface area contributed by atoms with E-state index in [1.54, 1.807) is 4.68 Å². The molecule has 2 aromatic rings. The molecule has 0 saturated heterocycles. The SMILES string of the molecule is CCNc1ccc(C(=O)NCCc2ccn(C)n2)cc1C. The third-order valence-electron chi connectivity index (χ3n) is 3.29. The van der Waals surface area contributed by atoms with Crippen molar-refractivity contribution < 1.29 is 4.79 Å². The normalized spacial score (nSPS) is 10.4. The number of carbonyl (C=O) groups is 1. The highest BCUT2D eigenvalue weighted by molar-refractivity contribution is 5.94. The Labute approximate surface area is 125 Å². The lowest BCUT2D eigenvalue weighted by Crippen LogP contribution is -2.26. The first-order valence-corrected chi connectivity index (χ1v) is 7.21. The number of carbonyl (C=O) groups excluding carboxylic acids is 1. The zero-order chi connectivity index (χ0) is 15.2. The van der Waals surface area contributed by atoms with Gasteiger partial charge in [-0.3, -0.25) is 9.48 Å². The lowest BCUT2D eigenvalue weighted by atomic mass is 10.1. The summed E-state index contributed by atoms with van der Waals surface area (Å²) in [4.78, 5) is 12.1. The van der Waals surface area contributed by atoms with E-state index < -0.39 is 0 Å². The first kappa shape index (κ1) is 15.1. The van der Waals surface area contributed by atoms with Crippen LogP contribution in [-0.4, -0.2) is 28.8 Å². The van der Waals surface area contributed by atoms with E-state index in [0.29, 0.717) is 12.1 Å². The van der Waals surface area contributed by atoms with Crippen LogP contribution < -0.4 is 10.6 Å². The average Bonchev–Trinajstić information content (AvgIpc) is 2.87. The van der Waals surface area contributed by atoms with Gasteiger partial charge in [0, 0.05) is 44.0 Å². The molecule has 0 radical (unpaired) electrons. The highest BCUT2D eigenvalue weighted by atomic mass is 16.1. The van der Waals surface area contributed by atoms with Crippen molar-refractivity contribution >= 4 is 11.6 Å². The Hall–Kier alpha value is -2.30. The summed E-state index contributed by atoms with van der Waals surface area (Å²) in [5.41, 5.74) is 3.82. The molecular formula is C16H22N4O. The molecule has 112 valence electrons. The number of benzene rings is 1. The molecule has 0 aliphatic rings. The molecule has 1 aromatic carbocycles. The average molecular weight is 286 g/mol. The summed E-state index contributed by atoms with van der Waals surface area (Å²) in [6.07, 6.45) is 2.64. The van der Waals surface area contributed by atoms with Crippen LogP contribution >= 0.6 is 0 Å². The van der Waals surface area contributed by atoms with Gasteiger partial charge in [-0.05, 0) is 43.7 Å². The first-order valence-electron chi connectivity index (χ1n) is 7.21. The number of hydrogen-bond donors (Lipinski definition) is 2. The molecule has 21 heavy (non-hydrogen) atoms. The summed E-state index contributed by atoms with van der Waals surface area (Å²) >= 11 is 0. The molecular weight excluding hydrogens is 264 g/mol. The van der Waals surface area contributed by atoms with Gasteiger partial charge in [0.1, 0.15) is 0 Å². The van der Waals surface area contributed by atoms with Crippen LogP contribution in [0.1, 0.15) is 28.5 Å². The summed E-state index contributed by atoms with van der Waals surface area (Å²) in [5.74, 6) is -0.0444. The van der Waals surface area contributed by atoms with Crippen LogP contribution in [0.4, 0.5) is 5.69 Å². The van der Waals surface area contributed by atoms with Crippen LogP contribution in [0.3, 0.4) is 0 Å². The van der Waals surface area contributed by atoms with E-state index in [9.17, 15) is 4.79 Å². The van der Waals surface area contributed by atoms with Crippen molar-refractivity contribution in [1.82, 2.24) is 15.1 Å². The van der Waals surface area contributed by atoms with Gasteiger partial charge in [-0.1, -0.05) is 0 Å². The van der Waals surface area contributed by atoms with Gasteiger partial charge in [-0.15, -0.1) is 0 Å². The van der Waals surface area contributed by atoms with Crippen LogP contribution in [0, 0.1) is 6.92 Å². The summed E-state index contributed by atoms with van der Waals surface area (Å²) in [6.45, 7) is 5.51. The second-order valence-electron chi connectivity index (χ2n) is 5.05. The maximum atomic E-state index is 12.1. The molecule has 2 N–H and O–H groups in total. The fourth-order valence-corrected chi connectivity index (χ4v) is 2.20. The molecule has 2 rings (SSSR count). The number of hydrogen-bond acceptors (Lipinski definition) is 3. The standard InChI is InChI=1S/C16H22N4O/c1-4-17-15-6-5-13(11-12(15)2)16(21)18-9-7-14-8-10-20(3)19-14/h5-6,8,10-11,17H,4,7,9H2,1-3H3,(H,18,21). The lowest BCUT2D eigenvalue weighted by molar-refractivity contribution is 0.0954. The number of anilines is 1. The van der Waals surface area contributed by atoms with Gasteiger partial charge in [0.05, 0.1) is 5.69 Å². The molecule has 0 unspecified atom stereocenters. The van der Waals surface area contributed by atoms with Crippen molar-refractivity contribution in [2.75, 3.05) is 18.4 Å². The predicted molar refractivity (Wildman–Crippen MR) is 84.6 cm³/mol. The van der Waals surface area contributed by atoms with Gasteiger partial charge < -0.3 is 10.6 Å². The molecule has 0 saturated carbocycles. The minimum absolute atomic E-state index is 0.0444. The Morgan fingerprint density at radius 3 is 2.76 bits per heavy atom. The minimum Gasteiger partial charge on any atom is -0.385 e. The Morgan fingerprint density at radius 1 is 1.33 bits per heavy atom. The molecule has 1 heterocycles. The molecule has 0 spiro atoms. The Balaban J connectivity index is 1.89. The number of nitrogens with zero attached hydrogens (tertiary/aromatic N) is 2. The van der Waals surface area contributed by atoms with Gasteiger partial charge in [-0.25, -0.2) is 0 Å². The molecule has 1 aromatic heterocycles. The van der Waals surface area contributed by atoms with Crippen LogP contribution in [0.5, 0.6) is 0 Å². The zero-order valence-corrected chi connectivity index (χ0v) is 12.8. The van der Waals surface area contributed by atoms with Crippen molar-refractivity contribution in [3.63, 3.8) is 0 Å². The summed E-state index contributed by atoms with van der Waals surface area (Å²) in [5, 5.41) is 10.5. The Bertz CT molecular complexity index is 618. The third-order valence-corrected chi connectivity index (χ3v) is 3.29. The molecule has 0 atom stereocenters. The van der Waals surface area contributed by atoms with Crippen molar-refractivity contribution in [2.45, 2.75) is 20.3 Å². The van der Waals surface area contributed by atoms with Gasteiger partial charge in [0.2, 0.25) is 0 Å². The van der Waals surface area contributed by atoms with Crippen molar-refractivity contribution in [3.8, 4) is 0 Å². The number of aryl methyl sites for hydroxylation is 2. The van der Waals surface area contributed by atoms with Gasteiger partial charge in [-0.2, -0.15) is 5.10 Å². The molecule has 0 fully saturated rings. The largest absolute Gasteiger partial charge is 0.385 e. The van der Waals surface area contributed by atoms with E-state index in [0.717, 1.165) is 29.9 Å². The predicted octanol–water partition coefficient (Wildman–Crippen LogP) is 2.13. The number of aromatic nitrogens is 2. The summed E-state index contributed by atoms with van der Waals surface area (Å²) in [7, 11) is 1.89. The Kier molecular flexibility index (Phi) is 4.98. The van der Waals surface area contributed by atoms with Crippen LogP contribution in [-0.2, 0) is 13.5 Å². The number of nitrogens with one attached hydrogen (secondary N) is 2. The van der Waals surface area contributed by atoms with Gasteiger partial charge in [0.25, 0.3) is 5.91 Å². The van der Waals surface area contributed by atoms with E-state index in [-0.39, 0.29) is 5.91 Å². The highest BCUT2D eigenvalue weighted by Gasteiger charge is 2.07. The van der Waals surface area contributed by atoms with E-state index in [2.05, 4.69) is 22.7 Å². The van der Waals surface area contributed by atoms with E-state index in [4.69, 9.17) is 0 Å². The highest BCUT2D eigenvalue weighted by Crippen LogP contribution is 2.16. The molecule has 0 aliphatic heterocycles. The van der Waals surface area contributed by atoms with Gasteiger partial charge >= 0.3 is 0 Å². The van der Waals surface area contributed by atoms with Crippen molar-refractivity contribution in [1.29, 1.82) is 0 Å². The maximum absolute atomic E-state index is 12.1. The van der Waals surface area contributed by atoms with Crippen LogP contribution in [0.25, 0.3) is 0 Å². The smallest absolute Gasteiger partial charge is 0.251 e. The maximum Gasteiger partial charge on any atom is 0.251 e. The minimum atomic E-state index is -0.0444. The lowest BCUT2D eigenvalue weighted by Gasteiger charge is -2.10. The molecule has 0 bridgehead atoms. The van der Waals surface area contributed by atoms with Crippen LogP contribution in [0.15, 0.2) is 30.5 Å². The molecule has 1 amide bonds. The van der Waals surface area contributed by atoms with Gasteiger partial charge in [0.15, 0.2) is 0 Å². The van der Waals surface area contributed by atoms with E-state index in [1.807, 2.05) is 44.4 Å². The Morgan fingerprint density at radius 2 is 2.14 bits per heavy atom. The monoisotopic (exact) mass is 286 g/mol. The quantitative estimate of drug-likeness (QED) is 0.855. The topological polar surface area (TPSA) is 59.0 Å². The number of amides is 1. The fourth-order valence-electron chi connectivity index (χ4n) is 2.20. The summed E-state index contributed by atoms with van der Waals surface area (Å²) < 4.78 is 1.76. The second kappa shape index (κ2) is 6.92. The van der Waals surface area contributed by atoms with E-state index >= 15 is 0 Å². The molecule has 5 nitrogen and oxygen atoms in total. The van der Waals surface area contributed by atoms with Crippen molar-refractivity contribution in [3.05, 3.63) is 47.3 Å². The first-order chi connectivity index (χ1) is 10.1. The summed E-state index contributed by atoms with van der Waals surface area (Å²) in [6, 6.07) is 7.67. The number of rotatable bonds is 6.